The van der Waals surface area contributed by atoms with Gasteiger partial charge in [-0.2, -0.15) is 0 Å². The number of hydrogen-bond acceptors (Lipinski definition) is 7. The summed E-state index contributed by atoms with van der Waals surface area (Å²) >= 11 is 0. The van der Waals surface area contributed by atoms with Crippen molar-refractivity contribution in [2.24, 2.45) is 0 Å². The highest BCUT2D eigenvalue weighted by Gasteiger charge is 2.33. The molecule has 3 atom stereocenters. The Morgan fingerprint density at radius 3 is 2.15 bits per heavy atom. The molecular formula is C38H49N3O6. The van der Waals surface area contributed by atoms with Crippen LogP contribution in [0.3, 0.4) is 0 Å². The zero-order valence-corrected chi connectivity index (χ0v) is 27.2. The predicted molar refractivity (Wildman–Crippen MR) is 180 cm³/mol. The summed E-state index contributed by atoms with van der Waals surface area (Å²) in [6.07, 6.45) is 8.20. The largest absolute Gasteiger partial charge is 0.392 e. The van der Waals surface area contributed by atoms with Crippen LogP contribution in [0.15, 0.2) is 72.8 Å². The van der Waals surface area contributed by atoms with Gasteiger partial charge < -0.3 is 24.8 Å². The van der Waals surface area contributed by atoms with Crippen LogP contribution in [0.5, 0.6) is 0 Å². The molecule has 2 aliphatic rings. The second kappa shape index (κ2) is 18.1. The average molecular weight is 644 g/mol. The number of hydroxylamine groups is 1. The lowest BCUT2D eigenvalue weighted by molar-refractivity contribution is -0.253. The van der Waals surface area contributed by atoms with Gasteiger partial charge in [0.15, 0.2) is 6.29 Å². The average Bonchev–Trinajstić information content (AvgIpc) is 3.10. The number of rotatable bonds is 13. The van der Waals surface area contributed by atoms with E-state index in [1.807, 2.05) is 30.3 Å². The Kier molecular flexibility index (Phi) is 13.4. The van der Waals surface area contributed by atoms with Gasteiger partial charge in [-0.1, -0.05) is 92.1 Å². The van der Waals surface area contributed by atoms with Gasteiger partial charge in [0.05, 0.1) is 18.8 Å². The number of aliphatic hydroxyl groups is 1. The Hall–Kier alpha value is -3.60. The number of amides is 2. The Morgan fingerprint density at radius 1 is 0.787 bits per heavy atom. The first-order valence-electron chi connectivity index (χ1n) is 17.1. The molecule has 0 unspecified atom stereocenters. The molecule has 2 fully saturated rings. The number of carbonyl (C=O) groups excluding carboxylic acids is 2. The van der Waals surface area contributed by atoms with E-state index in [-0.39, 0.29) is 31.1 Å². The Balaban J connectivity index is 1.25. The molecule has 0 bridgehead atoms. The van der Waals surface area contributed by atoms with Crippen molar-refractivity contribution in [1.82, 2.24) is 15.7 Å². The van der Waals surface area contributed by atoms with E-state index < -0.39 is 12.2 Å². The van der Waals surface area contributed by atoms with Crippen molar-refractivity contribution in [3.63, 3.8) is 0 Å². The lowest BCUT2D eigenvalue weighted by Crippen LogP contribution is -2.40. The fraction of sp³-hybridized carbons (Fsp3) is 0.474. The van der Waals surface area contributed by atoms with Crippen LogP contribution < -0.4 is 10.8 Å². The van der Waals surface area contributed by atoms with Crippen molar-refractivity contribution in [3.05, 3.63) is 95.1 Å². The van der Waals surface area contributed by atoms with Crippen molar-refractivity contribution in [3.8, 4) is 11.1 Å². The fourth-order valence-electron chi connectivity index (χ4n) is 6.50. The van der Waals surface area contributed by atoms with Crippen LogP contribution >= 0.6 is 0 Å². The van der Waals surface area contributed by atoms with E-state index in [2.05, 4.69) is 52.7 Å². The summed E-state index contributed by atoms with van der Waals surface area (Å²) < 4.78 is 13.3. The molecule has 2 aliphatic heterocycles. The normalized spacial score (nSPS) is 20.6. The number of unbranched alkanes of at least 4 members (excludes halogenated alkanes) is 1. The van der Waals surface area contributed by atoms with E-state index in [1.54, 1.807) is 5.48 Å². The molecule has 252 valence electrons. The summed E-state index contributed by atoms with van der Waals surface area (Å²) in [5.74, 6) is -0.514. The first-order valence-corrected chi connectivity index (χ1v) is 17.1. The predicted octanol–water partition coefficient (Wildman–Crippen LogP) is 6.34. The van der Waals surface area contributed by atoms with E-state index in [1.165, 1.54) is 32.1 Å². The third-order valence-corrected chi connectivity index (χ3v) is 9.20. The Labute approximate surface area is 278 Å². The zero-order chi connectivity index (χ0) is 32.8. The lowest BCUT2D eigenvalue weighted by atomic mass is 9.97. The van der Waals surface area contributed by atoms with Crippen molar-refractivity contribution < 1.29 is 29.4 Å². The number of carbonyl (C=O) groups is 2. The minimum atomic E-state index is -0.502. The van der Waals surface area contributed by atoms with Crippen LogP contribution in [-0.2, 0) is 32.2 Å². The summed E-state index contributed by atoms with van der Waals surface area (Å²) in [5.41, 5.74) is 7.65. The van der Waals surface area contributed by atoms with Crippen LogP contribution in [0.1, 0.15) is 98.9 Å². The van der Waals surface area contributed by atoms with Gasteiger partial charge >= 0.3 is 0 Å². The number of nitrogens with one attached hydrogen (secondary N) is 2. The maximum absolute atomic E-state index is 12.4. The number of benzene rings is 3. The van der Waals surface area contributed by atoms with Gasteiger partial charge in [-0.25, -0.2) is 5.48 Å². The van der Waals surface area contributed by atoms with Crippen LogP contribution in [0.4, 0.5) is 0 Å². The van der Waals surface area contributed by atoms with Crippen LogP contribution in [0.2, 0.25) is 0 Å². The molecular weight excluding hydrogens is 594 g/mol. The molecule has 3 aromatic rings. The standard InChI is InChI=1S/C38H49N3O6/c42-27-28-14-16-30(17-15-28)35-24-33(26-41-22-8-2-1-3-9-23-41)46-38(47-35)31-20-18-29(19-21-31)34-11-5-4-10-32(34)25-39-36(43)12-6-7-13-37(44)40-45/h4-5,10-11,14-21,33,35,38,42,45H,1-3,6-9,12-13,22-27H2,(H,39,43)(H,40,44)/t33-,35+,38+/m1/s1. The number of hydrogen-bond donors (Lipinski definition) is 4. The SMILES string of the molecule is O=C(CCCCC(=O)NCc1ccccc1-c1ccc([C@H]2O[C@@H](CN3CCCCCCC3)C[C@@H](c3ccc(CO)cc3)O2)cc1)NO. The highest BCUT2D eigenvalue weighted by atomic mass is 16.7. The van der Waals surface area contributed by atoms with E-state index in [9.17, 15) is 14.7 Å². The number of nitrogens with zero attached hydrogens (tertiary/aromatic N) is 1. The molecule has 0 saturated carbocycles. The van der Waals surface area contributed by atoms with Gasteiger partial charge in [0.1, 0.15) is 0 Å². The summed E-state index contributed by atoms with van der Waals surface area (Å²) in [7, 11) is 0. The van der Waals surface area contributed by atoms with E-state index in [0.29, 0.717) is 25.8 Å². The van der Waals surface area contributed by atoms with Gasteiger partial charge in [0.2, 0.25) is 11.8 Å². The molecule has 0 aliphatic carbocycles. The lowest BCUT2D eigenvalue weighted by Gasteiger charge is -2.39. The molecule has 9 heteroatoms. The molecule has 9 nitrogen and oxygen atoms in total. The molecule has 4 N–H and O–H groups in total. The highest BCUT2D eigenvalue weighted by Crippen LogP contribution is 2.39. The van der Waals surface area contributed by atoms with E-state index in [0.717, 1.165) is 59.4 Å². The van der Waals surface area contributed by atoms with Gasteiger partial charge in [0, 0.05) is 37.9 Å². The van der Waals surface area contributed by atoms with E-state index in [4.69, 9.17) is 14.7 Å². The second-order valence-corrected chi connectivity index (χ2v) is 12.7. The van der Waals surface area contributed by atoms with Gasteiger partial charge in [-0.3, -0.25) is 14.8 Å². The molecule has 2 heterocycles. The summed E-state index contributed by atoms with van der Waals surface area (Å²) in [6.45, 7) is 3.53. The van der Waals surface area contributed by atoms with Crippen LogP contribution in [0, 0.1) is 0 Å². The first-order chi connectivity index (χ1) is 23.0. The van der Waals surface area contributed by atoms with Crippen molar-refractivity contribution in [2.45, 2.75) is 95.9 Å². The number of ether oxygens (including phenoxy) is 2. The van der Waals surface area contributed by atoms with Crippen LogP contribution in [-0.4, -0.2) is 52.8 Å². The molecule has 0 radical (unpaired) electrons. The minimum Gasteiger partial charge on any atom is -0.392 e. The van der Waals surface area contributed by atoms with Gasteiger partial charge in [-0.15, -0.1) is 0 Å². The van der Waals surface area contributed by atoms with Crippen LogP contribution in [0.25, 0.3) is 11.1 Å². The summed E-state index contributed by atoms with van der Waals surface area (Å²) in [5, 5.41) is 21.1. The summed E-state index contributed by atoms with van der Waals surface area (Å²) in [4.78, 5) is 26.2. The zero-order valence-electron chi connectivity index (χ0n) is 27.2. The quantitative estimate of drug-likeness (QED) is 0.0975. The Morgan fingerprint density at radius 2 is 1.45 bits per heavy atom. The number of likely N-dealkylation sites (tertiary alicyclic amines) is 1. The fourth-order valence-corrected chi connectivity index (χ4v) is 6.50. The molecule has 0 aromatic heterocycles. The molecule has 2 saturated heterocycles. The minimum absolute atomic E-state index is 0.0182. The maximum atomic E-state index is 12.4. The van der Waals surface area contributed by atoms with Gasteiger partial charge in [-0.05, 0) is 66.6 Å². The smallest absolute Gasteiger partial charge is 0.243 e. The molecule has 2 amide bonds. The van der Waals surface area contributed by atoms with Crippen molar-refractivity contribution in [1.29, 1.82) is 0 Å². The van der Waals surface area contributed by atoms with Crippen molar-refractivity contribution >= 4 is 11.8 Å². The second-order valence-electron chi connectivity index (χ2n) is 12.7. The molecule has 3 aromatic carbocycles. The highest BCUT2D eigenvalue weighted by molar-refractivity contribution is 5.77. The topological polar surface area (TPSA) is 120 Å². The van der Waals surface area contributed by atoms with Gasteiger partial charge in [0.25, 0.3) is 0 Å². The monoisotopic (exact) mass is 643 g/mol. The third kappa shape index (κ3) is 10.4. The molecule has 5 rings (SSSR count). The third-order valence-electron chi connectivity index (χ3n) is 9.20. The molecule has 47 heavy (non-hydrogen) atoms. The van der Waals surface area contributed by atoms with Crippen molar-refractivity contribution in [2.75, 3.05) is 19.6 Å². The number of aliphatic hydroxyl groups excluding tert-OH is 1. The maximum Gasteiger partial charge on any atom is 0.243 e. The first kappa shape index (κ1) is 34.7. The summed E-state index contributed by atoms with van der Waals surface area (Å²) in [6, 6.07) is 24.4. The van der Waals surface area contributed by atoms with E-state index >= 15 is 0 Å². The Bertz CT molecular complexity index is 1410. The molecule has 0 spiro atoms.